The summed E-state index contributed by atoms with van der Waals surface area (Å²) in [6, 6.07) is 11.4. The topological polar surface area (TPSA) is 67.2 Å². The van der Waals surface area contributed by atoms with Crippen molar-refractivity contribution in [3.8, 4) is 5.75 Å². The minimum absolute atomic E-state index is 0.177. The lowest BCUT2D eigenvalue weighted by atomic mass is 10.2. The third-order valence-corrected chi connectivity index (χ3v) is 7.92. The predicted molar refractivity (Wildman–Crippen MR) is 149 cm³/mol. The maximum Gasteiger partial charge on any atom is 0.267 e. The van der Waals surface area contributed by atoms with Crippen molar-refractivity contribution in [3.05, 3.63) is 74.5 Å². The van der Waals surface area contributed by atoms with Gasteiger partial charge in [0, 0.05) is 19.3 Å². The quantitative estimate of drug-likeness (QED) is 0.354. The number of rotatable bonds is 5. The first kappa shape index (κ1) is 24.5. The van der Waals surface area contributed by atoms with Crippen molar-refractivity contribution in [2.75, 3.05) is 25.1 Å². The number of fused-ring (bicyclic) bond motifs is 1. The van der Waals surface area contributed by atoms with E-state index in [2.05, 4.69) is 4.90 Å². The van der Waals surface area contributed by atoms with Crippen LogP contribution in [0.2, 0.25) is 0 Å². The van der Waals surface area contributed by atoms with Gasteiger partial charge in [-0.3, -0.25) is 18.9 Å². The number of anilines is 1. The highest BCUT2D eigenvalue weighted by atomic mass is 32.2. The number of benzene rings is 1. The van der Waals surface area contributed by atoms with Crippen LogP contribution >= 0.6 is 24.0 Å². The molecule has 7 nitrogen and oxygen atoms in total. The summed E-state index contributed by atoms with van der Waals surface area (Å²) in [5.41, 5.74) is 2.77. The van der Waals surface area contributed by atoms with E-state index < -0.39 is 0 Å². The summed E-state index contributed by atoms with van der Waals surface area (Å²) in [5, 5.41) is 0. The molecule has 0 radical (unpaired) electrons. The molecule has 4 heterocycles. The Kier molecular flexibility index (Phi) is 7.11. The van der Waals surface area contributed by atoms with E-state index in [1.165, 1.54) is 24.6 Å². The molecule has 3 aromatic rings. The van der Waals surface area contributed by atoms with E-state index in [1.54, 1.807) is 28.7 Å². The number of hydrogen-bond donors (Lipinski definition) is 0. The van der Waals surface area contributed by atoms with Gasteiger partial charge in [-0.05, 0) is 55.2 Å². The number of thiocarbonyl (C=S) groups is 1. The summed E-state index contributed by atoms with van der Waals surface area (Å²) < 4.78 is 7.27. The van der Waals surface area contributed by atoms with Crippen molar-refractivity contribution < 1.29 is 9.53 Å². The number of carbonyl (C=O) groups excluding carboxylic acids is 1. The zero-order chi connectivity index (χ0) is 25.2. The van der Waals surface area contributed by atoms with Crippen LogP contribution in [-0.4, -0.2) is 44.7 Å². The average molecular weight is 521 g/mol. The average Bonchev–Trinajstić information content (AvgIpc) is 3.05. The van der Waals surface area contributed by atoms with Gasteiger partial charge in [0.1, 0.15) is 21.5 Å². The van der Waals surface area contributed by atoms with Crippen LogP contribution in [0.1, 0.15) is 42.4 Å². The van der Waals surface area contributed by atoms with Gasteiger partial charge in [-0.15, -0.1) is 0 Å². The van der Waals surface area contributed by atoms with E-state index in [-0.39, 0.29) is 11.5 Å². The SMILES string of the molecule is COc1ccc(CN2C(=O)C(=Cc3c(N4CCCCCC4)nc4ccc(C)cn4c3=O)SC2=S)cc1. The van der Waals surface area contributed by atoms with Crippen LogP contribution in [0.4, 0.5) is 5.82 Å². The molecule has 2 aliphatic heterocycles. The molecule has 2 fully saturated rings. The van der Waals surface area contributed by atoms with E-state index in [0.29, 0.717) is 32.8 Å². The maximum absolute atomic E-state index is 13.7. The molecule has 0 bridgehead atoms. The fourth-order valence-electron chi connectivity index (χ4n) is 4.58. The lowest BCUT2D eigenvalue weighted by molar-refractivity contribution is -0.122. The molecule has 2 aromatic heterocycles. The molecular weight excluding hydrogens is 492 g/mol. The number of pyridine rings is 1. The van der Waals surface area contributed by atoms with Crippen molar-refractivity contribution in [2.24, 2.45) is 0 Å². The van der Waals surface area contributed by atoms with Gasteiger partial charge in [-0.2, -0.15) is 0 Å². The fraction of sp³-hybridized carbons (Fsp3) is 0.333. The van der Waals surface area contributed by atoms with Crippen LogP contribution in [0.25, 0.3) is 11.7 Å². The van der Waals surface area contributed by atoms with Crippen LogP contribution in [0.5, 0.6) is 5.75 Å². The summed E-state index contributed by atoms with van der Waals surface area (Å²) in [5.74, 6) is 1.20. The molecular formula is C27H28N4O3S2. The van der Waals surface area contributed by atoms with Crippen molar-refractivity contribution in [1.29, 1.82) is 0 Å². The second-order valence-corrected chi connectivity index (χ2v) is 10.8. The summed E-state index contributed by atoms with van der Waals surface area (Å²) in [6.07, 6.45) is 7.93. The normalized spacial score (nSPS) is 17.8. The predicted octanol–water partition coefficient (Wildman–Crippen LogP) is 4.79. The molecule has 0 N–H and O–H groups in total. The summed E-state index contributed by atoms with van der Waals surface area (Å²) >= 11 is 6.78. The zero-order valence-corrected chi connectivity index (χ0v) is 22.0. The van der Waals surface area contributed by atoms with E-state index in [0.717, 1.165) is 42.8 Å². The van der Waals surface area contributed by atoms with Gasteiger partial charge in [0.2, 0.25) is 0 Å². The van der Waals surface area contributed by atoms with Crippen LogP contribution in [0, 0.1) is 6.92 Å². The highest BCUT2D eigenvalue weighted by molar-refractivity contribution is 8.26. The Bertz CT molecular complexity index is 1410. The van der Waals surface area contributed by atoms with Crippen molar-refractivity contribution in [3.63, 3.8) is 0 Å². The highest BCUT2D eigenvalue weighted by Gasteiger charge is 2.33. The molecule has 1 amide bonds. The number of methoxy groups -OCH3 is 1. The van der Waals surface area contributed by atoms with Crippen molar-refractivity contribution >= 4 is 51.7 Å². The molecule has 0 aliphatic carbocycles. The summed E-state index contributed by atoms with van der Waals surface area (Å²) in [7, 11) is 1.62. The molecule has 2 saturated heterocycles. The Morgan fingerprint density at radius 2 is 1.78 bits per heavy atom. The van der Waals surface area contributed by atoms with Crippen LogP contribution < -0.4 is 15.2 Å². The molecule has 5 rings (SSSR count). The number of hydrogen-bond acceptors (Lipinski definition) is 7. The van der Waals surface area contributed by atoms with E-state index in [1.807, 2.05) is 43.3 Å². The lowest BCUT2D eigenvalue weighted by Gasteiger charge is -2.23. The number of amides is 1. The van der Waals surface area contributed by atoms with E-state index >= 15 is 0 Å². The number of aromatic nitrogens is 2. The van der Waals surface area contributed by atoms with Gasteiger partial charge in [0.15, 0.2) is 0 Å². The first-order valence-corrected chi connectivity index (χ1v) is 13.3. The van der Waals surface area contributed by atoms with Crippen LogP contribution in [-0.2, 0) is 11.3 Å². The Morgan fingerprint density at radius 1 is 1.06 bits per heavy atom. The van der Waals surface area contributed by atoms with Gasteiger partial charge in [0.05, 0.1) is 24.1 Å². The number of aryl methyl sites for hydroxylation is 1. The summed E-state index contributed by atoms with van der Waals surface area (Å²) in [4.78, 5) is 36.2. The molecule has 186 valence electrons. The molecule has 0 unspecified atom stereocenters. The first-order chi connectivity index (χ1) is 17.4. The molecule has 36 heavy (non-hydrogen) atoms. The van der Waals surface area contributed by atoms with Crippen molar-refractivity contribution in [1.82, 2.24) is 14.3 Å². The summed E-state index contributed by atoms with van der Waals surface area (Å²) in [6.45, 7) is 3.99. The van der Waals surface area contributed by atoms with Crippen LogP contribution in [0.15, 0.2) is 52.3 Å². The zero-order valence-electron chi connectivity index (χ0n) is 20.4. The third-order valence-electron chi connectivity index (χ3n) is 6.54. The number of thioether (sulfide) groups is 1. The Morgan fingerprint density at radius 3 is 2.47 bits per heavy atom. The molecule has 2 aliphatic rings. The number of nitrogens with zero attached hydrogens (tertiary/aromatic N) is 4. The molecule has 0 spiro atoms. The van der Waals surface area contributed by atoms with Gasteiger partial charge >= 0.3 is 0 Å². The third kappa shape index (κ3) is 4.90. The minimum Gasteiger partial charge on any atom is -0.497 e. The fourth-order valence-corrected chi connectivity index (χ4v) is 5.81. The second-order valence-electron chi connectivity index (χ2n) is 9.11. The van der Waals surface area contributed by atoms with E-state index in [4.69, 9.17) is 21.9 Å². The van der Waals surface area contributed by atoms with Crippen molar-refractivity contribution in [2.45, 2.75) is 39.2 Å². The number of ether oxygens (including phenoxy) is 1. The maximum atomic E-state index is 13.7. The van der Waals surface area contributed by atoms with Gasteiger partial charge in [-0.25, -0.2) is 4.98 Å². The van der Waals surface area contributed by atoms with Crippen LogP contribution in [0.3, 0.4) is 0 Å². The molecule has 9 heteroatoms. The Balaban J connectivity index is 1.54. The smallest absolute Gasteiger partial charge is 0.267 e. The Labute approximate surface area is 219 Å². The molecule has 1 aromatic carbocycles. The van der Waals surface area contributed by atoms with Gasteiger partial charge in [0.25, 0.3) is 11.5 Å². The monoisotopic (exact) mass is 520 g/mol. The lowest BCUT2D eigenvalue weighted by Crippen LogP contribution is -2.30. The minimum atomic E-state index is -0.198. The van der Waals surface area contributed by atoms with Gasteiger partial charge < -0.3 is 9.64 Å². The second kappa shape index (κ2) is 10.4. The molecule has 0 atom stereocenters. The van der Waals surface area contributed by atoms with E-state index in [9.17, 15) is 9.59 Å². The number of carbonyl (C=O) groups is 1. The largest absolute Gasteiger partial charge is 0.497 e. The Hall–Kier alpha value is -3.17. The van der Waals surface area contributed by atoms with Gasteiger partial charge in [-0.1, -0.05) is 55.0 Å². The first-order valence-electron chi connectivity index (χ1n) is 12.1. The highest BCUT2D eigenvalue weighted by Crippen LogP contribution is 2.35. The molecule has 0 saturated carbocycles. The standard InChI is InChI=1S/C27H28N4O3S2/c1-18-7-12-23-28-24(29-13-5-3-4-6-14-29)21(25(32)30(23)16-18)15-22-26(33)31(27(35)36-22)17-19-8-10-20(34-2)11-9-19/h7-12,15-16H,3-6,13-14,17H2,1-2H3.